The summed E-state index contributed by atoms with van der Waals surface area (Å²) in [5, 5.41) is 0. The minimum absolute atomic E-state index is 0.744. The highest BCUT2D eigenvalue weighted by Gasteiger charge is 2.18. The number of rotatable bonds is 4. The number of nitrogens with two attached hydrogens (primary N) is 1. The molecule has 3 heteroatoms. The van der Waals surface area contributed by atoms with Gasteiger partial charge in [-0.3, -0.25) is 0 Å². The third kappa shape index (κ3) is 2.46. The number of aryl methyl sites for hydroxylation is 1. The fourth-order valence-corrected chi connectivity index (χ4v) is 2.25. The lowest BCUT2D eigenvalue weighted by Crippen LogP contribution is -2.25. The van der Waals surface area contributed by atoms with Gasteiger partial charge in [0.05, 0.1) is 11.9 Å². The second kappa shape index (κ2) is 4.73. The van der Waals surface area contributed by atoms with Crippen molar-refractivity contribution in [2.75, 3.05) is 24.2 Å². The summed E-state index contributed by atoms with van der Waals surface area (Å²) in [6, 6.07) is 1.99. The Morgan fingerprint density at radius 1 is 1.50 bits per heavy atom. The first-order chi connectivity index (χ1) is 7.66. The number of anilines is 2. The number of hydrogen-bond acceptors (Lipinski definition) is 3. The van der Waals surface area contributed by atoms with Gasteiger partial charge in [0.2, 0.25) is 0 Å². The Morgan fingerprint density at radius 2 is 2.25 bits per heavy atom. The molecule has 0 aliphatic heterocycles. The zero-order valence-electron chi connectivity index (χ0n) is 10.2. The molecule has 0 spiro atoms. The van der Waals surface area contributed by atoms with E-state index in [0.717, 1.165) is 29.5 Å². The minimum atomic E-state index is 0.744. The number of nitrogen functional groups attached to an aromatic ring is 1. The number of hydrogen-bond donors (Lipinski definition) is 1. The second-order valence-electron chi connectivity index (χ2n) is 4.92. The fraction of sp³-hybridized carbons (Fsp3) is 0.615. The lowest BCUT2D eigenvalue weighted by Gasteiger charge is -2.28. The van der Waals surface area contributed by atoms with Crippen molar-refractivity contribution in [1.29, 1.82) is 0 Å². The molecule has 16 heavy (non-hydrogen) atoms. The maximum Gasteiger partial charge on any atom is 0.131 e. The Hall–Kier alpha value is -1.25. The minimum Gasteiger partial charge on any atom is -0.397 e. The molecular formula is C13H21N3. The molecule has 88 valence electrons. The van der Waals surface area contributed by atoms with Gasteiger partial charge in [0.25, 0.3) is 0 Å². The van der Waals surface area contributed by atoms with Gasteiger partial charge in [-0.1, -0.05) is 19.3 Å². The average molecular weight is 219 g/mol. The van der Waals surface area contributed by atoms with Crippen LogP contribution < -0.4 is 10.6 Å². The van der Waals surface area contributed by atoms with Gasteiger partial charge in [-0.05, 0) is 30.9 Å². The molecule has 1 aliphatic rings. The Kier molecular flexibility index (Phi) is 3.32. The highest BCUT2D eigenvalue weighted by atomic mass is 15.2. The van der Waals surface area contributed by atoms with E-state index in [1.54, 1.807) is 6.20 Å². The van der Waals surface area contributed by atoms with Crippen molar-refractivity contribution in [3.05, 3.63) is 17.8 Å². The van der Waals surface area contributed by atoms with E-state index in [2.05, 4.69) is 23.9 Å². The van der Waals surface area contributed by atoms with Crippen LogP contribution >= 0.6 is 0 Å². The van der Waals surface area contributed by atoms with Gasteiger partial charge in [0.1, 0.15) is 5.82 Å². The van der Waals surface area contributed by atoms with Gasteiger partial charge in [0.15, 0.2) is 0 Å². The molecule has 0 atom stereocenters. The summed E-state index contributed by atoms with van der Waals surface area (Å²) in [6.45, 7) is 3.17. The van der Waals surface area contributed by atoms with E-state index in [1.165, 1.54) is 25.7 Å². The molecule has 0 bridgehead atoms. The number of nitrogens with zero attached hydrogens (tertiary/aromatic N) is 2. The molecule has 1 fully saturated rings. The second-order valence-corrected chi connectivity index (χ2v) is 4.92. The third-order valence-electron chi connectivity index (χ3n) is 3.53. The monoisotopic (exact) mass is 219 g/mol. The van der Waals surface area contributed by atoms with Crippen molar-refractivity contribution in [3.63, 3.8) is 0 Å². The number of pyridine rings is 1. The van der Waals surface area contributed by atoms with Gasteiger partial charge in [0, 0.05) is 13.6 Å². The van der Waals surface area contributed by atoms with Crippen molar-refractivity contribution < 1.29 is 0 Å². The summed E-state index contributed by atoms with van der Waals surface area (Å²) in [6.07, 6.45) is 7.29. The highest BCUT2D eigenvalue weighted by Crippen LogP contribution is 2.30. The molecule has 1 aromatic rings. The van der Waals surface area contributed by atoms with E-state index in [4.69, 9.17) is 5.73 Å². The summed E-state index contributed by atoms with van der Waals surface area (Å²) in [7, 11) is 2.12. The van der Waals surface area contributed by atoms with E-state index in [1.807, 2.05) is 6.07 Å². The van der Waals surface area contributed by atoms with E-state index < -0.39 is 0 Å². The van der Waals surface area contributed by atoms with Gasteiger partial charge < -0.3 is 10.6 Å². The zero-order chi connectivity index (χ0) is 11.5. The summed E-state index contributed by atoms with van der Waals surface area (Å²) in [5.74, 6) is 2.02. The standard InChI is InChI=1S/C13H21N3/c1-10-8-12(14)9-15-13(10)16(2)7-6-11-4-3-5-11/h8-9,11H,3-7,14H2,1-2H3. The lowest BCUT2D eigenvalue weighted by molar-refractivity contribution is 0.299. The van der Waals surface area contributed by atoms with E-state index >= 15 is 0 Å². The first-order valence-corrected chi connectivity index (χ1v) is 6.10. The Morgan fingerprint density at radius 3 is 2.81 bits per heavy atom. The SMILES string of the molecule is Cc1cc(N)cnc1N(C)CCC1CCC1. The fourth-order valence-electron chi connectivity index (χ4n) is 2.25. The quantitative estimate of drug-likeness (QED) is 0.846. The topological polar surface area (TPSA) is 42.1 Å². The molecule has 1 aliphatic carbocycles. The Balaban J connectivity index is 1.93. The molecule has 0 amide bonds. The maximum absolute atomic E-state index is 5.70. The van der Waals surface area contributed by atoms with Crippen LogP contribution in [0.25, 0.3) is 0 Å². The maximum atomic E-state index is 5.70. The molecule has 1 saturated carbocycles. The molecule has 1 heterocycles. The predicted octanol–water partition coefficient (Wildman–Crippen LogP) is 2.60. The van der Waals surface area contributed by atoms with Gasteiger partial charge in [-0.2, -0.15) is 0 Å². The first-order valence-electron chi connectivity index (χ1n) is 6.10. The van der Waals surface area contributed by atoms with Crippen molar-refractivity contribution in [2.24, 2.45) is 5.92 Å². The van der Waals surface area contributed by atoms with Crippen molar-refractivity contribution in [1.82, 2.24) is 4.98 Å². The molecule has 3 nitrogen and oxygen atoms in total. The third-order valence-corrected chi connectivity index (χ3v) is 3.53. The summed E-state index contributed by atoms with van der Waals surface area (Å²) < 4.78 is 0. The molecule has 0 saturated heterocycles. The van der Waals surface area contributed by atoms with Crippen LogP contribution in [0.3, 0.4) is 0 Å². The van der Waals surface area contributed by atoms with Crippen LogP contribution in [-0.4, -0.2) is 18.6 Å². The largest absolute Gasteiger partial charge is 0.397 e. The summed E-state index contributed by atoms with van der Waals surface area (Å²) in [4.78, 5) is 6.64. The average Bonchev–Trinajstić information content (AvgIpc) is 2.14. The molecule has 2 N–H and O–H groups in total. The highest BCUT2D eigenvalue weighted by molar-refractivity contribution is 5.52. The molecule has 0 unspecified atom stereocenters. The normalized spacial score (nSPS) is 15.9. The summed E-state index contributed by atoms with van der Waals surface area (Å²) in [5.41, 5.74) is 7.61. The van der Waals surface area contributed by atoms with E-state index in [9.17, 15) is 0 Å². The lowest BCUT2D eigenvalue weighted by atomic mass is 9.83. The molecule has 0 radical (unpaired) electrons. The molecule has 2 rings (SSSR count). The van der Waals surface area contributed by atoms with E-state index in [0.29, 0.717) is 0 Å². The van der Waals surface area contributed by atoms with Crippen LogP contribution in [0.2, 0.25) is 0 Å². The van der Waals surface area contributed by atoms with Crippen LogP contribution in [0.1, 0.15) is 31.2 Å². The Bertz CT molecular complexity index is 358. The van der Waals surface area contributed by atoms with Crippen molar-refractivity contribution in [3.8, 4) is 0 Å². The first kappa shape index (κ1) is 11.2. The van der Waals surface area contributed by atoms with Crippen LogP contribution in [0.15, 0.2) is 12.3 Å². The van der Waals surface area contributed by atoms with Crippen LogP contribution in [-0.2, 0) is 0 Å². The number of aromatic nitrogens is 1. The van der Waals surface area contributed by atoms with Crippen molar-refractivity contribution in [2.45, 2.75) is 32.6 Å². The smallest absolute Gasteiger partial charge is 0.131 e. The molecule has 0 aromatic carbocycles. The van der Waals surface area contributed by atoms with Crippen molar-refractivity contribution >= 4 is 11.5 Å². The Labute approximate surface area is 97.7 Å². The van der Waals surface area contributed by atoms with Crippen LogP contribution in [0, 0.1) is 12.8 Å². The molecule has 1 aromatic heterocycles. The van der Waals surface area contributed by atoms with Gasteiger partial charge >= 0.3 is 0 Å². The zero-order valence-corrected chi connectivity index (χ0v) is 10.2. The van der Waals surface area contributed by atoms with Gasteiger partial charge in [-0.25, -0.2) is 4.98 Å². The van der Waals surface area contributed by atoms with E-state index in [-0.39, 0.29) is 0 Å². The predicted molar refractivity (Wildman–Crippen MR) is 68.6 cm³/mol. The van der Waals surface area contributed by atoms with Crippen LogP contribution in [0.4, 0.5) is 11.5 Å². The summed E-state index contributed by atoms with van der Waals surface area (Å²) >= 11 is 0. The van der Waals surface area contributed by atoms with Crippen LogP contribution in [0.5, 0.6) is 0 Å². The molecular weight excluding hydrogens is 198 g/mol. The van der Waals surface area contributed by atoms with Gasteiger partial charge in [-0.15, -0.1) is 0 Å².